The number of hydrogen-bond donors (Lipinski definition) is 1. The average molecular weight is 367 g/mol. The average Bonchev–Trinajstić information content (AvgIpc) is 3.19. The zero-order valence-electron chi connectivity index (χ0n) is 13.9. The van der Waals surface area contributed by atoms with Crippen molar-refractivity contribution in [3.8, 4) is 0 Å². The summed E-state index contributed by atoms with van der Waals surface area (Å²) in [7, 11) is 0. The topological polar surface area (TPSA) is 47.3 Å². The number of fused-ring (bicyclic) bond motifs is 2. The summed E-state index contributed by atoms with van der Waals surface area (Å²) in [5.41, 5.74) is 2.52. The van der Waals surface area contributed by atoms with Crippen LogP contribution in [0.25, 0.3) is 0 Å². The molecule has 0 aromatic carbocycles. The van der Waals surface area contributed by atoms with Crippen LogP contribution in [0.4, 0.5) is 0 Å². The van der Waals surface area contributed by atoms with Crippen LogP contribution in [0.1, 0.15) is 54.8 Å². The Labute approximate surface area is 151 Å². The van der Waals surface area contributed by atoms with Crippen LogP contribution >= 0.6 is 22.9 Å². The van der Waals surface area contributed by atoms with Crippen molar-refractivity contribution in [2.45, 2.75) is 56.5 Å². The molecule has 2 aliphatic rings. The molecule has 4 heterocycles. The van der Waals surface area contributed by atoms with Crippen LogP contribution in [0.3, 0.4) is 0 Å². The van der Waals surface area contributed by atoms with E-state index < -0.39 is 0 Å². The first-order chi connectivity index (χ1) is 11.7. The molecule has 0 saturated carbocycles. The molecular weight excluding hydrogens is 344 g/mol. The van der Waals surface area contributed by atoms with E-state index in [4.69, 9.17) is 20.9 Å². The number of rotatable bonds is 1. The van der Waals surface area contributed by atoms with Gasteiger partial charge in [-0.25, -0.2) is 0 Å². The molecule has 1 fully saturated rings. The summed E-state index contributed by atoms with van der Waals surface area (Å²) < 4.78 is 11.8. The number of aromatic nitrogens is 1. The molecule has 2 aliphatic heterocycles. The maximum atomic E-state index is 6.41. The van der Waals surface area contributed by atoms with E-state index >= 15 is 0 Å². The van der Waals surface area contributed by atoms with Gasteiger partial charge < -0.3 is 14.6 Å². The molecule has 2 aromatic rings. The zero-order chi connectivity index (χ0) is 16.6. The number of nitrogens with one attached hydrogen (secondary N) is 1. The number of piperidine rings is 1. The molecular formula is C18H23ClN2O2S. The summed E-state index contributed by atoms with van der Waals surface area (Å²) in [6.45, 7) is 3.91. The van der Waals surface area contributed by atoms with Crippen molar-refractivity contribution < 1.29 is 9.26 Å². The Morgan fingerprint density at radius 2 is 2.29 bits per heavy atom. The highest BCUT2D eigenvalue weighted by Crippen LogP contribution is 2.50. The maximum Gasteiger partial charge on any atom is 0.124 e. The Hall–Kier alpha value is -0.880. The highest BCUT2D eigenvalue weighted by molar-refractivity contribution is 7.16. The summed E-state index contributed by atoms with van der Waals surface area (Å²) >= 11 is 8.17. The van der Waals surface area contributed by atoms with Gasteiger partial charge in [0, 0.05) is 29.0 Å². The first kappa shape index (κ1) is 16.6. The second-order valence-electron chi connectivity index (χ2n) is 7.10. The Kier molecular flexibility index (Phi) is 4.69. The molecule has 0 aliphatic carbocycles. The van der Waals surface area contributed by atoms with Crippen LogP contribution < -0.4 is 5.32 Å². The largest absolute Gasteiger partial charge is 0.381 e. The van der Waals surface area contributed by atoms with Crippen molar-refractivity contribution in [2.24, 2.45) is 0 Å². The van der Waals surface area contributed by atoms with Crippen molar-refractivity contribution in [2.75, 3.05) is 13.2 Å². The lowest BCUT2D eigenvalue weighted by molar-refractivity contribution is 0.123. The second kappa shape index (κ2) is 6.79. The van der Waals surface area contributed by atoms with Gasteiger partial charge in [0.15, 0.2) is 0 Å². The minimum atomic E-state index is 0.148. The van der Waals surface area contributed by atoms with E-state index in [-0.39, 0.29) is 11.5 Å². The van der Waals surface area contributed by atoms with Crippen LogP contribution in [0.5, 0.6) is 0 Å². The summed E-state index contributed by atoms with van der Waals surface area (Å²) in [5.74, 6) is 0. The van der Waals surface area contributed by atoms with Crippen LogP contribution in [-0.4, -0.2) is 24.4 Å². The van der Waals surface area contributed by atoms with E-state index in [0.717, 1.165) is 55.3 Å². The van der Waals surface area contributed by atoms with E-state index in [9.17, 15) is 0 Å². The van der Waals surface area contributed by atoms with Crippen molar-refractivity contribution in [3.63, 3.8) is 0 Å². The maximum absolute atomic E-state index is 6.41. The van der Waals surface area contributed by atoms with Gasteiger partial charge in [-0.1, -0.05) is 16.8 Å². The lowest BCUT2D eigenvalue weighted by Gasteiger charge is -2.44. The summed E-state index contributed by atoms with van der Waals surface area (Å²) in [5, 5.41) is 7.89. The molecule has 3 unspecified atom stereocenters. The number of hydrogen-bond acceptors (Lipinski definition) is 5. The Morgan fingerprint density at radius 1 is 1.38 bits per heavy atom. The number of nitrogens with zero attached hydrogens (tertiary/aromatic N) is 1. The predicted octanol–water partition coefficient (Wildman–Crippen LogP) is 4.49. The van der Waals surface area contributed by atoms with Crippen LogP contribution in [0, 0.1) is 0 Å². The standard InChI is InChI=1S/C18H23ClN2O2S/c1-12-10-18(11-15(20-12)14-4-8-23-21-14)5-2-6-22-7-3-13-9-16(19)24-17(13)18/h4,8-9,12,15,20H,2-3,5-7,10-11H2,1H3. The van der Waals surface area contributed by atoms with E-state index in [2.05, 4.69) is 23.5 Å². The third-order valence-corrected chi connectivity index (χ3v) is 6.87. The van der Waals surface area contributed by atoms with Crippen molar-refractivity contribution in [3.05, 3.63) is 38.9 Å². The monoisotopic (exact) mass is 366 g/mol. The quantitative estimate of drug-likeness (QED) is 0.807. The lowest BCUT2D eigenvalue weighted by atomic mass is 9.68. The second-order valence-corrected chi connectivity index (χ2v) is 8.79. The van der Waals surface area contributed by atoms with Crippen LogP contribution in [0.2, 0.25) is 4.34 Å². The Morgan fingerprint density at radius 3 is 3.12 bits per heavy atom. The molecule has 3 atom stereocenters. The van der Waals surface area contributed by atoms with Gasteiger partial charge in [0.25, 0.3) is 0 Å². The van der Waals surface area contributed by atoms with Gasteiger partial charge in [0.05, 0.1) is 17.0 Å². The SMILES string of the molecule is CC1CC2(CCCOCCc3cc(Cl)sc32)CC(c2ccon2)N1. The molecule has 1 saturated heterocycles. The number of thiophene rings is 1. The van der Waals surface area contributed by atoms with E-state index in [1.165, 1.54) is 10.4 Å². The van der Waals surface area contributed by atoms with Gasteiger partial charge in [-0.2, -0.15) is 0 Å². The minimum absolute atomic E-state index is 0.148. The van der Waals surface area contributed by atoms with Gasteiger partial charge in [-0.3, -0.25) is 0 Å². The highest BCUT2D eigenvalue weighted by Gasteiger charge is 2.43. The fraction of sp³-hybridized carbons (Fsp3) is 0.611. The van der Waals surface area contributed by atoms with Gasteiger partial charge in [0.1, 0.15) is 12.0 Å². The zero-order valence-corrected chi connectivity index (χ0v) is 15.5. The third-order valence-electron chi connectivity index (χ3n) is 5.31. The molecule has 24 heavy (non-hydrogen) atoms. The molecule has 4 rings (SSSR count). The molecule has 1 spiro atoms. The van der Waals surface area contributed by atoms with Gasteiger partial charge in [-0.15, -0.1) is 11.3 Å². The minimum Gasteiger partial charge on any atom is -0.381 e. The third kappa shape index (κ3) is 3.15. The molecule has 6 heteroatoms. The Bertz CT molecular complexity index is 687. The van der Waals surface area contributed by atoms with E-state index in [1.807, 2.05) is 6.07 Å². The van der Waals surface area contributed by atoms with Gasteiger partial charge in [0.2, 0.25) is 0 Å². The smallest absolute Gasteiger partial charge is 0.124 e. The highest BCUT2D eigenvalue weighted by atomic mass is 35.5. The first-order valence-corrected chi connectivity index (χ1v) is 9.88. The van der Waals surface area contributed by atoms with E-state index in [1.54, 1.807) is 17.6 Å². The first-order valence-electron chi connectivity index (χ1n) is 8.69. The fourth-order valence-electron chi connectivity index (χ4n) is 4.44. The van der Waals surface area contributed by atoms with Crippen molar-refractivity contribution in [1.82, 2.24) is 10.5 Å². The van der Waals surface area contributed by atoms with Gasteiger partial charge >= 0.3 is 0 Å². The van der Waals surface area contributed by atoms with E-state index in [0.29, 0.717) is 6.04 Å². The normalized spacial score (nSPS) is 31.2. The Balaban J connectivity index is 1.74. The predicted molar refractivity (Wildman–Crippen MR) is 95.8 cm³/mol. The van der Waals surface area contributed by atoms with Crippen molar-refractivity contribution >= 4 is 22.9 Å². The number of halogens is 1. The molecule has 0 radical (unpaired) electrons. The van der Waals surface area contributed by atoms with Crippen LogP contribution in [0.15, 0.2) is 22.9 Å². The fourth-order valence-corrected chi connectivity index (χ4v) is 5.98. The molecule has 4 nitrogen and oxygen atoms in total. The lowest BCUT2D eigenvalue weighted by Crippen LogP contribution is -2.47. The summed E-state index contributed by atoms with van der Waals surface area (Å²) in [6.07, 6.45) is 7.01. The molecule has 2 aromatic heterocycles. The van der Waals surface area contributed by atoms with Gasteiger partial charge in [-0.05, 0) is 50.7 Å². The van der Waals surface area contributed by atoms with Crippen LogP contribution in [-0.2, 0) is 16.6 Å². The molecule has 130 valence electrons. The molecule has 0 amide bonds. The number of ether oxygens (including phenoxy) is 1. The summed E-state index contributed by atoms with van der Waals surface area (Å²) in [6, 6.07) is 4.78. The summed E-state index contributed by atoms with van der Waals surface area (Å²) in [4.78, 5) is 1.47. The molecule has 0 bridgehead atoms. The molecule has 1 N–H and O–H groups in total. The van der Waals surface area contributed by atoms with Crippen molar-refractivity contribution in [1.29, 1.82) is 0 Å².